The van der Waals surface area contributed by atoms with E-state index in [4.69, 9.17) is 5.11 Å². The van der Waals surface area contributed by atoms with Gasteiger partial charge in [0, 0.05) is 25.2 Å². The lowest BCUT2D eigenvalue weighted by molar-refractivity contribution is -0.136. The fourth-order valence-corrected chi connectivity index (χ4v) is 1.81. The second-order valence-corrected chi connectivity index (χ2v) is 4.17. The van der Waals surface area contributed by atoms with E-state index in [0.717, 1.165) is 19.5 Å². The van der Waals surface area contributed by atoms with E-state index in [-0.39, 0.29) is 6.42 Å². The molecule has 0 aliphatic carbocycles. The topological polar surface area (TPSA) is 52.6 Å². The van der Waals surface area contributed by atoms with Gasteiger partial charge in [-0.15, -0.1) is 0 Å². The standard InChI is InChI=1S/C10H20N2O2/c1-8(2)12-6-4-9(7-12)11-5-3-10(13)14/h8-9,11H,3-7H2,1-2H3,(H,13,14)/t9-/m1/s1. The Morgan fingerprint density at radius 1 is 1.64 bits per heavy atom. The zero-order valence-electron chi connectivity index (χ0n) is 8.99. The molecule has 0 aromatic carbocycles. The first-order chi connectivity index (χ1) is 6.59. The summed E-state index contributed by atoms with van der Waals surface area (Å²) in [6.45, 7) is 7.16. The van der Waals surface area contributed by atoms with Crippen molar-refractivity contribution in [3.63, 3.8) is 0 Å². The van der Waals surface area contributed by atoms with Crippen LogP contribution in [-0.4, -0.2) is 47.7 Å². The number of hydrogen-bond donors (Lipinski definition) is 2. The highest BCUT2D eigenvalue weighted by atomic mass is 16.4. The number of likely N-dealkylation sites (tertiary alicyclic amines) is 1. The minimum atomic E-state index is -0.726. The predicted molar refractivity (Wildman–Crippen MR) is 55.4 cm³/mol. The van der Waals surface area contributed by atoms with Crippen molar-refractivity contribution in [1.29, 1.82) is 0 Å². The molecule has 0 aromatic rings. The molecule has 0 unspecified atom stereocenters. The summed E-state index contributed by atoms with van der Waals surface area (Å²) in [6.07, 6.45) is 1.36. The van der Waals surface area contributed by atoms with Gasteiger partial charge in [0.15, 0.2) is 0 Å². The number of nitrogens with one attached hydrogen (secondary N) is 1. The van der Waals surface area contributed by atoms with Crippen molar-refractivity contribution in [1.82, 2.24) is 10.2 Å². The predicted octanol–water partition coefficient (Wildman–Crippen LogP) is 0.533. The molecular weight excluding hydrogens is 180 g/mol. The van der Waals surface area contributed by atoms with Crippen LogP contribution in [0.25, 0.3) is 0 Å². The Labute approximate surface area is 85.3 Å². The van der Waals surface area contributed by atoms with Crippen LogP contribution in [0.2, 0.25) is 0 Å². The van der Waals surface area contributed by atoms with E-state index in [1.165, 1.54) is 0 Å². The molecule has 4 nitrogen and oxygen atoms in total. The van der Waals surface area contributed by atoms with Crippen molar-refractivity contribution in [2.45, 2.75) is 38.8 Å². The Balaban J connectivity index is 2.13. The van der Waals surface area contributed by atoms with Gasteiger partial charge in [0.1, 0.15) is 0 Å². The largest absolute Gasteiger partial charge is 0.481 e. The zero-order valence-corrected chi connectivity index (χ0v) is 8.99. The molecule has 1 aliphatic rings. The van der Waals surface area contributed by atoms with E-state index in [2.05, 4.69) is 24.1 Å². The van der Waals surface area contributed by atoms with Crippen molar-refractivity contribution in [2.75, 3.05) is 19.6 Å². The molecule has 2 N–H and O–H groups in total. The SMILES string of the molecule is CC(C)N1CC[C@@H](NCCC(=O)O)C1. The summed E-state index contributed by atoms with van der Waals surface area (Å²) >= 11 is 0. The van der Waals surface area contributed by atoms with Gasteiger partial charge in [0.25, 0.3) is 0 Å². The van der Waals surface area contributed by atoms with Crippen LogP contribution >= 0.6 is 0 Å². The van der Waals surface area contributed by atoms with E-state index in [9.17, 15) is 4.79 Å². The van der Waals surface area contributed by atoms with Crippen molar-refractivity contribution >= 4 is 5.97 Å². The molecule has 0 saturated carbocycles. The van der Waals surface area contributed by atoms with Gasteiger partial charge in [-0.05, 0) is 26.8 Å². The first kappa shape index (κ1) is 11.5. The molecule has 1 heterocycles. The van der Waals surface area contributed by atoms with Crippen LogP contribution in [0.15, 0.2) is 0 Å². The Hall–Kier alpha value is -0.610. The van der Waals surface area contributed by atoms with Gasteiger partial charge in [0.2, 0.25) is 0 Å². The van der Waals surface area contributed by atoms with Crippen LogP contribution in [0.1, 0.15) is 26.7 Å². The maximum atomic E-state index is 10.3. The molecule has 0 radical (unpaired) electrons. The summed E-state index contributed by atoms with van der Waals surface area (Å²) in [5.41, 5.74) is 0. The Bertz CT molecular complexity index is 195. The van der Waals surface area contributed by atoms with Crippen molar-refractivity contribution in [3.8, 4) is 0 Å². The van der Waals surface area contributed by atoms with Gasteiger partial charge in [-0.25, -0.2) is 0 Å². The minimum Gasteiger partial charge on any atom is -0.481 e. The average molecular weight is 200 g/mol. The van der Waals surface area contributed by atoms with Crippen LogP contribution in [0.3, 0.4) is 0 Å². The van der Waals surface area contributed by atoms with Crippen molar-refractivity contribution in [2.24, 2.45) is 0 Å². The number of aliphatic carboxylic acids is 1. The van der Waals surface area contributed by atoms with Crippen LogP contribution < -0.4 is 5.32 Å². The van der Waals surface area contributed by atoms with Crippen molar-refractivity contribution in [3.05, 3.63) is 0 Å². The number of carboxylic acid groups (broad SMARTS) is 1. The quantitative estimate of drug-likeness (QED) is 0.680. The number of hydrogen-bond acceptors (Lipinski definition) is 3. The molecule has 82 valence electrons. The third kappa shape index (κ3) is 3.64. The van der Waals surface area contributed by atoms with E-state index in [0.29, 0.717) is 18.6 Å². The lowest BCUT2D eigenvalue weighted by Crippen LogP contribution is -2.36. The fourth-order valence-electron chi connectivity index (χ4n) is 1.81. The summed E-state index contributed by atoms with van der Waals surface area (Å²) in [7, 11) is 0. The number of carbonyl (C=O) groups is 1. The molecule has 0 aromatic heterocycles. The summed E-state index contributed by atoms with van der Waals surface area (Å²) in [5.74, 6) is -0.726. The maximum absolute atomic E-state index is 10.3. The molecule has 4 heteroatoms. The van der Waals surface area contributed by atoms with Crippen molar-refractivity contribution < 1.29 is 9.90 Å². The number of rotatable bonds is 5. The highest BCUT2D eigenvalue weighted by Gasteiger charge is 2.23. The van der Waals surface area contributed by atoms with Gasteiger partial charge in [0.05, 0.1) is 6.42 Å². The number of carboxylic acids is 1. The zero-order chi connectivity index (χ0) is 10.6. The van der Waals surface area contributed by atoms with Crippen LogP contribution in [0.5, 0.6) is 0 Å². The average Bonchev–Trinajstić information content (AvgIpc) is 2.52. The van der Waals surface area contributed by atoms with E-state index in [1.807, 2.05) is 0 Å². The molecule has 1 aliphatic heterocycles. The van der Waals surface area contributed by atoms with Gasteiger partial charge in [-0.2, -0.15) is 0 Å². The first-order valence-corrected chi connectivity index (χ1v) is 5.29. The van der Waals surface area contributed by atoms with E-state index in [1.54, 1.807) is 0 Å². The maximum Gasteiger partial charge on any atom is 0.304 e. The Kier molecular flexibility index (Phi) is 4.35. The Morgan fingerprint density at radius 2 is 2.36 bits per heavy atom. The molecule has 1 atom stereocenters. The highest BCUT2D eigenvalue weighted by molar-refractivity contribution is 5.66. The molecule has 1 fully saturated rings. The molecule has 0 spiro atoms. The molecule has 1 rings (SSSR count). The van der Waals surface area contributed by atoms with Crippen LogP contribution in [0.4, 0.5) is 0 Å². The Morgan fingerprint density at radius 3 is 2.86 bits per heavy atom. The third-order valence-electron chi connectivity index (χ3n) is 2.72. The normalized spacial score (nSPS) is 23.2. The molecule has 0 bridgehead atoms. The van der Waals surface area contributed by atoms with E-state index >= 15 is 0 Å². The third-order valence-corrected chi connectivity index (χ3v) is 2.72. The molecule has 1 saturated heterocycles. The summed E-state index contributed by atoms with van der Waals surface area (Å²) in [4.78, 5) is 12.7. The van der Waals surface area contributed by atoms with Gasteiger partial charge < -0.3 is 10.4 Å². The first-order valence-electron chi connectivity index (χ1n) is 5.29. The second-order valence-electron chi connectivity index (χ2n) is 4.17. The monoisotopic (exact) mass is 200 g/mol. The number of nitrogens with zero attached hydrogens (tertiary/aromatic N) is 1. The second kappa shape index (κ2) is 5.32. The highest BCUT2D eigenvalue weighted by Crippen LogP contribution is 2.11. The summed E-state index contributed by atoms with van der Waals surface area (Å²) < 4.78 is 0. The smallest absolute Gasteiger partial charge is 0.304 e. The minimum absolute atomic E-state index is 0.220. The fraction of sp³-hybridized carbons (Fsp3) is 0.900. The molecule has 14 heavy (non-hydrogen) atoms. The lowest BCUT2D eigenvalue weighted by Gasteiger charge is -2.20. The lowest BCUT2D eigenvalue weighted by atomic mass is 10.2. The summed E-state index contributed by atoms with van der Waals surface area (Å²) in [6, 6.07) is 1.08. The van der Waals surface area contributed by atoms with Crippen LogP contribution in [0, 0.1) is 0 Å². The molecule has 0 amide bonds. The summed E-state index contributed by atoms with van der Waals surface area (Å²) in [5, 5.41) is 11.8. The van der Waals surface area contributed by atoms with Crippen LogP contribution in [-0.2, 0) is 4.79 Å². The molecular formula is C10H20N2O2. The van der Waals surface area contributed by atoms with Gasteiger partial charge >= 0.3 is 5.97 Å². The van der Waals surface area contributed by atoms with Gasteiger partial charge in [-0.3, -0.25) is 9.69 Å². The van der Waals surface area contributed by atoms with E-state index < -0.39 is 5.97 Å². The van der Waals surface area contributed by atoms with Gasteiger partial charge in [-0.1, -0.05) is 0 Å².